The number of benzene rings is 2. The highest BCUT2D eigenvalue weighted by Gasteiger charge is 2.42. The predicted octanol–water partition coefficient (Wildman–Crippen LogP) is 3.99. The topological polar surface area (TPSA) is 76.2 Å². The van der Waals surface area contributed by atoms with Crippen LogP contribution in [0.2, 0.25) is 0 Å². The second kappa shape index (κ2) is 7.29. The second-order valence-electron chi connectivity index (χ2n) is 7.07. The van der Waals surface area contributed by atoms with Crippen molar-refractivity contribution in [3.05, 3.63) is 78.9 Å². The van der Waals surface area contributed by atoms with E-state index in [0.29, 0.717) is 17.5 Å². The summed E-state index contributed by atoms with van der Waals surface area (Å²) in [5, 5.41) is 7.99. The Morgan fingerprint density at radius 2 is 1.97 bits per heavy atom. The van der Waals surface area contributed by atoms with Crippen LogP contribution in [0.3, 0.4) is 0 Å². The lowest BCUT2D eigenvalue weighted by atomic mass is 10.2. The fourth-order valence-corrected chi connectivity index (χ4v) is 3.53. The summed E-state index contributed by atoms with van der Waals surface area (Å²) in [6, 6.07) is 11.9. The molecule has 0 saturated carbocycles. The fraction of sp³-hybridized carbons (Fsp3) is 0.0909. The van der Waals surface area contributed by atoms with E-state index in [-0.39, 0.29) is 10.4 Å². The first-order valence-corrected chi connectivity index (χ1v) is 9.59. The molecule has 8 nitrogen and oxygen atoms in total. The van der Waals surface area contributed by atoms with Gasteiger partial charge in [0.25, 0.3) is 11.8 Å². The van der Waals surface area contributed by atoms with Crippen molar-refractivity contribution in [2.75, 3.05) is 12.4 Å². The van der Waals surface area contributed by atoms with Crippen molar-refractivity contribution in [2.45, 2.75) is 6.92 Å². The van der Waals surface area contributed by atoms with E-state index in [9.17, 15) is 4.39 Å². The molecule has 5 rings (SSSR count). The third kappa shape index (κ3) is 3.30. The standard InChI is InChI=1S/C22H19FN7O/c1-15-13-29(14-25-15)19-8-5-17(11-20(19)31-2)26-22-27-21-12-24-9-10-30(21,28-22)18-6-3-16(23)4-7-18/h3-14H,1-2H3,(H,26,28)/q+1. The summed E-state index contributed by atoms with van der Waals surface area (Å²) in [6.45, 7) is 1.93. The molecule has 154 valence electrons. The molecular weight excluding hydrogens is 397 g/mol. The van der Waals surface area contributed by atoms with Crippen LogP contribution in [0.25, 0.3) is 5.69 Å². The third-order valence-electron chi connectivity index (χ3n) is 5.03. The third-order valence-corrected chi connectivity index (χ3v) is 5.03. The van der Waals surface area contributed by atoms with Gasteiger partial charge in [-0.05, 0) is 36.3 Å². The normalized spacial score (nSPS) is 19.1. The molecular formula is C22H19FN7O+. The Balaban J connectivity index is 1.48. The molecule has 0 saturated heterocycles. The van der Waals surface area contributed by atoms with E-state index in [4.69, 9.17) is 9.84 Å². The molecule has 1 unspecified atom stereocenters. The van der Waals surface area contributed by atoms with Crippen molar-refractivity contribution in [1.29, 1.82) is 0 Å². The van der Waals surface area contributed by atoms with Crippen LogP contribution < -0.4 is 14.6 Å². The monoisotopic (exact) mass is 416 g/mol. The second-order valence-corrected chi connectivity index (χ2v) is 7.07. The van der Waals surface area contributed by atoms with Crippen molar-refractivity contribution in [2.24, 2.45) is 15.1 Å². The van der Waals surface area contributed by atoms with Crippen LogP contribution in [0.5, 0.6) is 5.75 Å². The number of aryl methyl sites for hydroxylation is 1. The zero-order valence-corrected chi connectivity index (χ0v) is 16.9. The highest BCUT2D eigenvalue weighted by molar-refractivity contribution is 6.38. The summed E-state index contributed by atoms with van der Waals surface area (Å²) in [5.74, 6) is 1.38. The lowest BCUT2D eigenvalue weighted by Crippen LogP contribution is -2.44. The van der Waals surface area contributed by atoms with Crippen LogP contribution in [0, 0.1) is 12.7 Å². The molecule has 31 heavy (non-hydrogen) atoms. The maximum Gasteiger partial charge on any atom is 0.287 e. The molecule has 0 fully saturated rings. The zero-order valence-electron chi connectivity index (χ0n) is 16.9. The average Bonchev–Trinajstić information content (AvgIpc) is 3.37. The summed E-state index contributed by atoms with van der Waals surface area (Å²) in [4.78, 5) is 13.0. The average molecular weight is 416 g/mol. The molecule has 1 atom stereocenters. The maximum atomic E-state index is 13.4. The van der Waals surface area contributed by atoms with Gasteiger partial charge in [-0.2, -0.15) is 4.99 Å². The van der Waals surface area contributed by atoms with Crippen LogP contribution >= 0.6 is 0 Å². The van der Waals surface area contributed by atoms with Crippen LogP contribution in [0.4, 0.5) is 15.8 Å². The van der Waals surface area contributed by atoms with Gasteiger partial charge >= 0.3 is 0 Å². The van der Waals surface area contributed by atoms with E-state index < -0.39 is 0 Å². The van der Waals surface area contributed by atoms with E-state index >= 15 is 0 Å². The Labute approximate surface area is 177 Å². The lowest BCUT2D eigenvalue weighted by Gasteiger charge is -2.23. The number of hydrogen-bond donors (Lipinski definition) is 1. The van der Waals surface area contributed by atoms with E-state index in [2.05, 4.69) is 20.3 Å². The number of fused-ring (bicyclic) bond motifs is 1. The number of aliphatic imine (C=N–C) groups is 2. The van der Waals surface area contributed by atoms with Gasteiger partial charge in [0, 0.05) is 30.1 Å². The summed E-state index contributed by atoms with van der Waals surface area (Å²) < 4.78 is 20.9. The molecule has 1 aromatic heterocycles. The van der Waals surface area contributed by atoms with Crippen LogP contribution in [0.15, 0.2) is 82.5 Å². The number of amidine groups is 1. The smallest absolute Gasteiger partial charge is 0.287 e. The number of hydrogen-bond acceptors (Lipinski definition) is 6. The maximum absolute atomic E-state index is 13.4. The number of nitrogens with one attached hydrogen (secondary N) is 1. The number of nitrogens with zero attached hydrogens (tertiary/aromatic N) is 6. The number of imidazole rings is 1. The van der Waals surface area contributed by atoms with Gasteiger partial charge in [-0.15, -0.1) is 0 Å². The molecule has 0 amide bonds. The lowest BCUT2D eigenvalue weighted by molar-refractivity contribution is 0.413. The number of anilines is 1. The van der Waals surface area contributed by atoms with Crippen molar-refractivity contribution in [3.63, 3.8) is 0 Å². The molecule has 2 aliphatic heterocycles. The minimum atomic E-state index is -0.308. The number of rotatable bonds is 4. The molecule has 0 radical (unpaired) electrons. The summed E-state index contributed by atoms with van der Waals surface area (Å²) in [7, 11) is 1.62. The van der Waals surface area contributed by atoms with Gasteiger partial charge in [0.1, 0.15) is 17.8 Å². The van der Waals surface area contributed by atoms with Crippen LogP contribution in [0.1, 0.15) is 5.69 Å². The van der Waals surface area contributed by atoms with E-state index in [1.54, 1.807) is 44.2 Å². The minimum absolute atomic E-state index is 0.0182. The predicted molar refractivity (Wildman–Crippen MR) is 119 cm³/mol. The highest BCUT2D eigenvalue weighted by atomic mass is 19.1. The molecule has 2 aromatic carbocycles. The van der Waals surface area contributed by atoms with Gasteiger partial charge in [-0.25, -0.2) is 9.37 Å². The Morgan fingerprint density at radius 3 is 2.71 bits per heavy atom. The molecule has 3 heterocycles. The van der Waals surface area contributed by atoms with Gasteiger partial charge in [0.2, 0.25) is 0 Å². The number of quaternary nitrogens is 1. The summed E-state index contributed by atoms with van der Waals surface area (Å²) in [5.41, 5.74) is 3.30. The number of methoxy groups -OCH3 is 1. The Hall–Kier alpha value is -4.11. The molecule has 0 aliphatic carbocycles. The van der Waals surface area contributed by atoms with Gasteiger partial charge in [-0.3, -0.25) is 4.99 Å². The first-order chi connectivity index (χ1) is 15.1. The largest absolute Gasteiger partial charge is 0.494 e. The van der Waals surface area contributed by atoms with E-state index in [0.717, 1.165) is 22.8 Å². The first kappa shape index (κ1) is 18.9. The molecule has 3 aromatic rings. The van der Waals surface area contributed by atoms with Gasteiger partial charge < -0.3 is 14.6 Å². The summed E-state index contributed by atoms with van der Waals surface area (Å²) in [6.07, 6.45) is 8.77. The molecule has 2 aliphatic rings. The van der Waals surface area contributed by atoms with E-state index in [1.807, 2.05) is 35.9 Å². The van der Waals surface area contributed by atoms with Gasteiger partial charge in [-0.1, -0.05) is 4.59 Å². The van der Waals surface area contributed by atoms with Crippen molar-refractivity contribution < 1.29 is 9.13 Å². The molecule has 9 heteroatoms. The van der Waals surface area contributed by atoms with Gasteiger partial charge in [0.15, 0.2) is 11.9 Å². The van der Waals surface area contributed by atoms with Crippen molar-refractivity contribution in [1.82, 2.24) is 14.1 Å². The number of ether oxygens (including phenoxy) is 1. The van der Waals surface area contributed by atoms with Crippen molar-refractivity contribution >= 4 is 29.4 Å². The van der Waals surface area contributed by atoms with Crippen LogP contribution in [-0.4, -0.2) is 34.7 Å². The molecule has 1 N–H and O–H groups in total. The van der Waals surface area contributed by atoms with Gasteiger partial charge in [0.05, 0.1) is 31.0 Å². The Morgan fingerprint density at radius 1 is 1.13 bits per heavy atom. The Kier molecular flexibility index (Phi) is 4.45. The highest BCUT2D eigenvalue weighted by Crippen LogP contribution is 2.32. The van der Waals surface area contributed by atoms with Crippen LogP contribution in [-0.2, 0) is 0 Å². The SMILES string of the molecule is COc1cc(NC2=N[N+]3(c4ccc(F)cc4)C=CN=CC3=N2)ccc1-n1cnc(C)c1. The molecule has 0 bridgehead atoms. The quantitative estimate of drug-likeness (QED) is 0.654. The molecule has 0 spiro atoms. The number of guanidine groups is 1. The van der Waals surface area contributed by atoms with Crippen molar-refractivity contribution in [3.8, 4) is 11.4 Å². The number of halogens is 1. The van der Waals surface area contributed by atoms with E-state index in [1.165, 1.54) is 12.1 Å². The zero-order chi connectivity index (χ0) is 21.4. The fourth-order valence-electron chi connectivity index (χ4n) is 3.53. The summed E-state index contributed by atoms with van der Waals surface area (Å²) >= 11 is 0. The number of aromatic nitrogens is 2. The first-order valence-electron chi connectivity index (χ1n) is 9.59. The minimum Gasteiger partial charge on any atom is -0.494 e. The Bertz CT molecular complexity index is 1270.